The second-order valence-corrected chi connectivity index (χ2v) is 4.15. The van der Waals surface area contributed by atoms with E-state index in [0.29, 0.717) is 11.3 Å². The number of nitrogens with two attached hydrogens (primary N) is 1. The Hall–Kier alpha value is -2.35. The molecule has 1 unspecified atom stereocenters. The number of para-hydroxylation sites is 1. The van der Waals surface area contributed by atoms with Crippen LogP contribution in [-0.4, -0.2) is 35.6 Å². The Morgan fingerprint density at radius 3 is 2.85 bits per heavy atom. The molecule has 0 saturated heterocycles. The number of thiocarbonyl (C=S) groups is 1. The molecule has 0 spiro atoms. The lowest BCUT2D eigenvalue weighted by Crippen LogP contribution is -2.25. The number of nitrogens with one attached hydrogen (secondary N) is 1. The molecule has 0 aliphatic rings. The van der Waals surface area contributed by atoms with Crippen molar-refractivity contribution >= 4 is 29.5 Å². The number of aliphatic carboxylic acids is 1. The summed E-state index contributed by atoms with van der Waals surface area (Å²) in [6.45, 7) is 1.42. The number of ether oxygens (including phenoxy) is 2. The first-order chi connectivity index (χ1) is 9.45. The van der Waals surface area contributed by atoms with E-state index in [4.69, 9.17) is 20.3 Å². The van der Waals surface area contributed by atoms with Gasteiger partial charge in [-0.1, -0.05) is 6.07 Å². The zero-order valence-electron chi connectivity index (χ0n) is 11.0. The van der Waals surface area contributed by atoms with Crippen molar-refractivity contribution < 1.29 is 19.4 Å². The number of hydrogen-bond acceptors (Lipinski definition) is 5. The molecule has 7 nitrogen and oxygen atoms in total. The third-order valence-electron chi connectivity index (χ3n) is 2.25. The van der Waals surface area contributed by atoms with Crippen molar-refractivity contribution in [3.05, 3.63) is 23.8 Å². The van der Waals surface area contributed by atoms with Crippen LogP contribution in [0.25, 0.3) is 0 Å². The maximum atomic E-state index is 10.9. The summed E-state index contributed by atoms with van der Waals surface area (Å²) in [7, 11) is 1.46. The van der Waals surface area contributed by atoms with Crippen LogP contribution in [0.1, 0.15) is 12.5 Å². The Bertz CT molecular complexity index is 533. The third kappa shape index (κ3) is 4.39. The van der Waals surface area contributed by atoms with Gasteiger partial charge < -0.3 is 20.3 Å². The molecule has 0 aliphatic carbocycles. The zero-order chi connectivity index (χ0) is 15.1. The molecule has 108 valence electrons. The molecule has 0 fully saturated rings. The van der Waals surface area contributed by atoms with Crippen LogP contribution in [0.3, 0.4) is 0 Å². The van der Waals surface area contributed by atoms with Gasteiger partial charge in [0.2, 0.25) is 0 Å². The van der Waals surface area contributed by atoms with Crippen LogP contribution >= 0.6 is 12.2 Å². The minimum Gasteiger partial charge on any atom is -0.493 e. The minimum absolute atomic E-state index is 0.0190. The first-order valence-corrected chi connectivity index (χ1v) is 6.01. The predicted molar refractivity (Wildman–Crippen MR) is 78.2 cm³/mol. The number of hydrogen-bond donors (Lipinski definition) is 3. The Morgan fingerprint density at radius 1 is 1.60 bits per heavy atom. The van der Waals surface area contributed by atoms with Crippen LogP contribution in [0.15, 0.2) is 23.3 Å². The van der Waals surface area contributed by atoms with Crippen LogP contribution in [0.4, 0.5) is 0 Å². The fourth-order valence-electron chi connectivity index (χ4n) is 1.31. The van der Waals surface area contributed by atoms with Gasteiger partial charge in [-0.25, -0.2) is 4.79 Å². The molecule has 1 aromatic rings. The Morgan fingerprint density at radius 2 is 2.30 bits per heavy atom. The largest absolute Gasteiger partial charge is 0.493 e. The molecule has 0 aromatic heterocycles. The summed E-state index contributed by atoms with van der Waals surface area (Å²) in [5.41, 5.74) is 8.17. The van der Waals surface area contributed by atoms with Gasteiger partial charge in [0, 0.05) is 5.56 Å². The van der Waals surface area contributed by atoms with E-state index >= 15 is 0 Å². The van der Waals surface area contributed by atoms with Crippen molar-refractivity contribution in [2.75, 3.05) is 7.11 Å². The Labute approximate surface area is 121 Å². The van der Waals surface area contributed by atoms with Gasteiger partial charge in [0.1, 0.15) is 0 Å². The number of hydrazone groups is 1. The standard InChI is InChI=1S/C12H15N3O4S/c1-7(11(16)17)19-10-8(6-14-15-12(13)20)4-3-5-9(10)18-2/h3-7H,1-2H3,(H,16,17)(H3,13,15,20). The fraction of sp³-hybridized carbons (Fsp3) is 0.250. The molecule has 0 saturated carbocycles. The van der Waals surface area contributed by atoms with Gasteiger partial charge in [-0.2, -0.15) is 5.10 Å². The molecular weight excluding hydrogens is 282 g/mol. The van der Waals surface area contributed by atoms with E-state index in [9.17, 15) is 4.79 Å². The molecule has 0 amide bonds. The molecule has 8 heteroatoms. The Kier molecular flexibility index (Phi) is 5.73. The predicted octanol–water partition coefficient (Wildman–Crippen LogP) is 0.714. The van der Waals surface area contributed by atoms with Gasteiger partial charge >= 0.3 is 5.97 Å². The fourth-order valence-corrected chi connectivity index (χ4v) is 1.37. The van der Waals surface area contributed by atoms with Crippen LogP contribution < -0.4 is 20.6 Å². The van der Waals surface area contributed by atoms with E-state index in [1.165, 1.54) is 20.2 Å². The van der Waals surface area contributed by atoms with Gasteiger partial charge in [0.25, 0.3) is 0 Å². The number of benzene rings is 1. The number of nitrogens with zero attached hydrogens (tertiary/aromatic N) is 1. The molecule has 20 heavy (non-hydrogen) atoms. The van der Waals surface area contributed by atoms with E-state index in [1.807, 2.05) is 0 Å². The van der Waals surface area contributed by atoms with Gasteiger partial charge in [-0.05, 0) is 31.3 Å². The summed E-state index contributed by atoms with van der Waals surface area (Å²) >= 11 is 4.62. The summed E-state index contributed by atoms with van der Waals surface area (Å²) in [5.74, 6) is -0.407. The highest BCUT2D eigenvalue weighted by Gasteiger charge is 2.17. The zero-order valence-corrected chi connectivity index (χ0v) is 11.8. The van der Waals surface area contributed by atoms with E-state index in [0.717, 1.165) is 0 Å². The number of carbonyl (C=O) groups is 1. The van der Waals surface area contributed by atoms with Gasteiger partial charge in [-0.3, -0.25) is 5.43 Å². The molecule has 0 heterocycles. The van der Waals surface area contributed by atoms with Crippen molar-refractivity contribution in [2.24, 2.45) is 10.8 Å². The van der Waals surface area contributed by atoms with Gasteiger partial charge in [0.15, 0.2) is 22.7 Å². The minimum atomic E-state index is -1.08. The monoisotopic (exact) mass is 297 g/mol. The molecule has 0 radical (unpaired) electrons. The first-order valence-electron chi connectivity index (χ1n) is 5.60. The van der Waals surface area contributed by atoms with Gasteiger partial charge in [-0.15, -0.1) is 0 Å². The molecule has 1 aromatic carbocycles. The SMILES string of the molecule is COc1cccc(C=NNC(N)=S)c1OC(C)C(=O)O. The van der Waals surface area contributed by atoms with Crippen molar-refractivity contribution in [3.63, 3.8) is 0 Å². The molecular formula is C12H15N3O4S. The van der Waals surface area contributed by atoms with Crippen molar-refractivity contribution in [3.8, 4) is 11.5 Å². The number of methoxy groups -OCH3 is 1. The van der Waals surface area contributed by atoms with E-state index in [1.54, 1.807) is 18.2 Å². The third-order valence-corrected chi connectivity index (χ3v) is 2.34. The van der Waals surface area contributed by atoms with Gasteiger partial charge in [0.05, 0.1) is 13.3 Å². The number of carboxylic acid groups (broad SMARTS) is 1. The van der Waals surface area contributed by atoms with Crippen molar-refractivity contribution in [1.29, 1.82) is 0 Å². The van der Waals surface area contributed by atoms with E-state index in [-0.39, 0.29) is 10.9 Å². The summed E-state index contributed by atoms with van der Waals surface area (Å²) in [6, 6.07) is 5.07. The normalized spacial score (nSPS) is 11.9. The Balaban J connectivity index is 3.06. The molecule has 1 atom stereocenters. The second-order valence-electron chi connectivity index (χ2n) is 3.71. The second kappa shape index (κ2) is 7.29. The van der Waals surface area contributed by atoms with Crippen LogP contribution in [0.2, 0.25) is 0 Å². The highest BCUT2D eigenvalue weighted by Crippen LogP contribution is 2.30. The maximum absolute atomic E-state index is 10.9. The number of rotatable bonds is 6. The summed E-state index contributed by atoms with van der Waals surface area (Å²) < 4.78 is 10.5. The maximum Gasteiger partial charge on any atom is 0.344 e. The molecule has 0 aliphatic heterocycles. The lowest BCUT2D eigenvalue weighted by atomic mass is 10.2. The number of carboxylic acids is 1. The topological polar surface area (TPSA) is 106 Å². The quantitative estimate of drug-likeness (QED) is 0.403. The smallest absolute Gasteiger partial charge is 0.344 e. The van der Waals surface area contributed by atoms with Crippen LogP contribution in [-0.2, 0) is 4.79 Å². The lowest BCUT2D eigenvalue weighted by Gasteiger charge is -2.15. The highest BCUT2D eigenvalue weighted by atomic mass is 32.1. The summed E-state index contributed by atoms with van der Waals surface area (Å²) in [6.07, 6.45) is 0.382. The first kappa shape index (κ1) is 15.7. The summed E-state index contributed by atoms with van der Waals surface area (Å²) in [4.78, 5) is 10.9. The van der Waals surface area contributed by atoms with E-state index in [2.05, 4.69) is 22.7 Å². The van der Waals surface area contributed by atoms with Crippen molar-refractivity contribution in [2.45, 2.75) is 13.0 Å². The average Bonchev–Trinajstić information content (AvgIpc) is 2.39. The molecule has 0 bridgehead atoms. The van der Waals surface area contributed by atoms with E-state index < -0.39 is 12.1 Å². The van der Waals surface area contributed by atoms with Crippen molar-refractivity contribution in [1.82, 2.24) is 5.43 Å². The highest BCUT2D eigenvalue weighted by molar-refractivity contribution is 7.80. The molecule has 1 rings (SSSR count). The average molecular weight is 297 g/mol. The lowest BCUT2D eigenvalue weighted by molar-refractivity contribution is -0.144. The van der Waals surface area contributed by atoms with Crippen LogP contribution in [0, 0.1) is 0 Å². The molecule has 4 N–H and O–H groups in total. The summed E-state index contributed by atoms with van der Waals surface area (Å²) in [5, 5.41) is 12.7. The van der Waals surface area contributed by atoms with Crippen LogP contribution in [0.5, 0.6) is 11.5 Å².